The summed E-state index contributed by atoms with van der Waals surface area (Å²) in [6.07, 6.45) is 0.690. The molecule has 2 N–H and O–H groups in total. The second-order valence-electron chi connectivity index (χ2n) is 4.18. The minimum atomic E-state index is -0.340. The van der Waals surface area contributed by atoms with E-state index in [1.54, 1.807) is 0 Å². The van der Waals surface area contributed by atoms with Crippen LogP contribution in [0.3, 0.4) is 0 Å². The van der Waals surface area contributed by atoms with Crippen LogP contribution in [0.1, 0.15) is 24.9 Å². The third kappa shape index (κ3) is 2.76. The zero-order valence-corrected chi connectivity index (χ0v) is 11.7. The predicted molar refractivity (Wildman–Crippen MR) is 77.4 cm³/mol. The first-order chi connectivity index (χ1) is 9.17. The van der Waals surface area contributed by atoms with Gasteiger partial charge in [-0.3, -0.25) is 0 Å². The van der Waals surface area contributed by atoms with Gasteiger partial charge >= 0.3 is 5.97 Å². The zero-order valence-electron chi connectivity index (χ0n) is 10.9. The molecule has 1 aromatic rings. The number of allylic oxidation sites excluding steroid dienone is 1. The Bertz CT molecular complexity index is 526. The molecule has 1 heterocycles. The summed E-state index contributed by atoms with van der Waals surface area (Å²) >= 11 is 5.19. The lowest BCUT2D eigenvalue weighted by Crippen LogP contribution is -2.45. The molecule has 19 heavy (non-hydrogen) atoms. The van der Waals surface area contributed by atoms with Gasteiger partial charge in [0.05, 0.1) is 18.7 Å². The van der Waals surface area contributed by atoms with E-state index in [1.807, 2.05) is 37.3 Å². The minimum Gasteiger partial charge on any atom is -0.466 e. The molecule has 0 spiro atoms. The van der Waals surface area contributed by atoms with Crippen LogP contribution in [0.2, 0.25) is 0 Å². The van der Waals surface area contributed by atoms with Crippen LogP contribution in [0, 0.1) is 0 Å². The standard InChI is InChI=1S/C14H16N2O2S/c1-3-10-11(13(17)18-2)12(16-14(19)15-10)9-7-5-4-6-8-9/h4-8,12H,3H2,1-2H3,(H2,15,16,19). The first-order valence-corrected chi connectivity index (χ1v) is 6.52. The molecule has 1 aliphatic rings. The molecule has 0 bridgehead atoms. The maximum atomic E-state index is 12.0. The molecule has 0 amide bonds. The highest BCUT2D eigenvalue weighted by atomic mass is 32.1. The summed E-state index contributed by atoms with van der Waals surface area (Å²) < 4.78 is 4.89. The van der Waals surface area contributed by atoms with Gasteiger partial charge in [-0.1, -0.05) is 37.3 Å². The molecular formula is C14H16N2O2S. The average Bonchev–Trinajstić information content (AvgIpc) is 2.46. The van der Waals surface area contributed by atoms with Gasteiger partial charge in [-0.05, 0) is 24.2 Å². The van der Waals surface area contributed by atoms with Crippen LogP contribution in [0.4, 0.5) is 0 Å². The van der Waals surface area contributed by atoms with Crippen molar-refractivity contribution in [2.75, 3.05) is 7.11 Å². The normalized spacial score (nSPS) is 18.6. The molecule has 0 fully saturated rings. The number of benzene rings is 1. The highest BCUT2D eigenvalue weighted by molar-refractivity contribution is 7.80. The summed E-state index contributed by atoms with van der Waals surface area (Å²) in [6, 6.07) is 9.46. The van der Waals surface area contributed by atoms with E-state index in [2.05, 4.69) is 10.6 Å². The van der Waals surface area contributed by atoms with Gasteiger partial charge in [0, 0.05) is 5.70 Å². The second-order valence-corrected chi connectivity index (χ2v) is 4.59. The Hall–Kier alpha value is -1.88. The molecule has 1 aromatic carbocycles. The number of ether oxygens (including phenoxy) is 1. The summed E-state index contributed by atoms with van der Waals surface area (Å²) in [5, 5.41) is 6.68. The van der Waals surface area contributed by atoms with E-state index in [4.69, 9.17) is 17.0 Å². The Labute approximate surface area is 117 Å². The van der Waals surface area contributed by atoms with Gasteiger partial charge in [-0.25, -0.2) is 4.79 Å². The van der Waals surface area contributed by atoms with Gasteiger partial charge in [-0.2, -0.15) is 0 Å². The number of hydrogen-bond donors (Lipinski definition) is 2. The van der Waals surface area contributed by atoms with E-state index in [-0.39, 0.29) is 12.0 Å². The highest BCUT2D eigenvalue weighted by Gasteiger charge is 2.31. The predicted octanol–water partition coefficient (Wildman–Crippen LogP) is 2.04. The molecule has 0 radical (unpaired) electrons. The van der Waals surface area contributed by atoms with Crippen molar-refractivity contribution in [2.24, 2.45) is 0 Å². The molecule has 2 rings (SSSR count). The Morgan fingerprint density at radius 3 is 2.63 bits per heavy atom. The van der Waals surface area contributed by atoms with E-state index in [0.717, 1.165) is 11.3 Å². The largest absolute Gasteiger partial charge is 0.466 e. The Morgan fingerprint density at radius 2 is 2.05 bits per heavy atom. The number of nitrogens with one attached hydrogen (secondary N) is 2. The number of hydrogen-bond acceptors (Lipinski definition) is 3. The van der Waals surface area contributed by atoms with Gasteiger partial charge in [-0.15, -0.1) is 0 Å². The summed E-state index contributed by atoms with van der Waals surface area (Å²) in [5.74, 6) is -0.340. The number of thiocarbonyl (C=S) groups is 1. The lowest BCUT2D eigenvalue weighted by Gasteiger charge is -2.30. The third-order valence-corrected chi connectivity index (χ3v) is 3.27. The molecular weight excluding hydrogens is 260 g/mol. The van der Waals surface area contributed by atoms with Crippen LogP contribution in [-0.2, 0) is 9.53 Å². The summed E-state index contributed by atoms with van der Waals surface area (Å²) in [5.41, 5.74) is 2.38. The van der Waals surface area contributed by atoms with Gasteiger partial charge in [0.2, 0.25) is 0 Å². The number of esters is 1. The van der Waals surface area contributed by atoms with Gasteiger partial charge in [0.1, 0.15) is 0 Å². The van der Waals surface area contributed by atoms with Crippen molar-refractivity contribution in [3.8, 4) is 0 Å². The Morgan fingerprint density at radius 1 is 1.37 bits per heavy atom. The Balaban J connectivity index is 2.50. The van der Waals surface area contributed by atoms with Gasteiger partial charge < -0.3 is 15.4 Å². The van der Waals surface area contributed by atoms with Crippen LogP contribution in [0.25, 0.3) is 0 Å². The second kappa shape index (κ2) is 5.84. The van der Waals surface area contributed by atoms with Crippen molar-refractivity contribution < 1.29 is 9.53 Å². The first-order valence-electron chi connectivity index (χ1n) is 6.11. The molecule has 1 unspecified atom stereocenters. The van der Waals surface area contributed by atoms with Crippen molar-refractivity contribution in [1.82, 2.24) is 10.6 Å². The van der Waals surface area contributed by atoms with Crippen molar-refractivity contribution in [3.63, 3.8) is 0 Å². The maximum Gasteiger partial charge on any atom is 0.337 e. The molecule has 0 aromatic heterocycles. The van der Waals surface area contributed by atoms with Crippen molar-refractivity contribution in [2.45, 2.75) is 19.4 Å². The Kier molecular flexibility index (Phi) is 4.16. The fourth-order valence-corrected chi connectivity index (χ4v) is 2.38. The van der Waals surface area contributed by atoms with Gasteiger partial charge in [0.15, 0.2) is 5.11 Å². The van der Waals surface area contributed by atoms with Crippen LogP contribution < -0.4 is 10.6 Å². The monoisotopic (exact) mass is 276 g/mol. The fourth-order valence-electron chi connectivity index (χ4n) is 2.14. The van der Waals surface area contributed by atoms with E-state index in [9.17, 15) is 4.79 Å². The van der Waals surface area contributed by atoms with E-state index in [1.165, 1.54) is 7.11 Å². The highest BCUT2D eigenvalue weighted by Crippen LogP contribution is 2.28. The SMILES string of the molecule is CCC1=C(C(=O)OC)C(c2ccccc2)NC(=S)N1. The quantitative estimate of drug-likeness (QED) is 0.653. The summed E-state index contributed by atoms with van der Waals surface area (Å²) in [7, 11) is 1.39. The van der Waals surface area contributed by atoms with Gasteiger partial charge in [0.25, 0.3) is 0 Å². The molecule has 5 heteroatoms. The van der Waals surface area contributed by atoms with Crippen LogP contribution >= 0.6 is 12.2 Å². The lowest BCUT2D eigenvalue weighted by molar-refractivity contribution is -0.136. The molecule has 0 aliphatic carbocycles. The number of carbonyl (C=O) groups is 1. The topological polar surface area (TPSA) is 50.4 Å². The first kappa shape index (κ1) is 13.5. The number of rotatable bonds is 3. The minimum absolute atomic E-state index is 0.266. The zero-order chi connectivity index (χ0) is 13.8. The van der Waals surface area contributed by atoms with Crippen LogP contribution in [-0.4, -0.2) is 18.2 Å². The average molecular weight is 276 g/mol. The lowest BCUT2D eigenvalue weighted by atomic mass is 9.94. The molecule has 4 nitrogen and oxygen atoms in total. The summed E-state index contributed by atoms with van der Waals surface area (Å²) in [4.78, 5) is 12.0. The summed E-state index contributed by atoms with van der Waals surface area (Å²) in [6.45, 7) is 1.97. The molecule has 1 atom stereocenters. The third-order valence-electron chi connectivity index (χ3n) is 3.05. The maximum absolute atomic E-state index is 12.0. The van der Waals surface area contributed by atoms with Crippen molar-refractivity contribution in [3.05, 3.63) is 47.2 Å². The van der Waals surface area contributed by atoms with E-state index >= 15 is 0 Å². The fraction of sp³-hybridized carbons (Fsp3) is 0.286. The van der Waals surface area contributed by atoms with E-state index < -0.39 is 0 Å². The van der Waals surface area contributed by atoms with Crippen molar-refractivity contribution in [1.29, 1.82) is 0 Å². The van der Waals surface area contributed by atoms with Crippen LogP contribution in [0.5, 0.6) is 0 Å². The molecule has 0 saturated heterocycles. The molecule has 100 valence electrons. The smallest absolute Gasteiger partial charge is 0.337 e. The number of carbonyl (C=O) groups excluding carboxylic acids is 1. The molecule has 0 saturated carbocycles. The van der Waals surface area contributed by atoms with Crippen molar-refractivity contribution >= 4 is 23.3 Å². The molecule has 1 aliphatic heterocycles. The van der Waals surface area contributed by atoms with E-state index in [0.29, 0.717) is 17.1 Å². The number of methoxy groups -OCH3 is 1. The van der Waals surface area contributed by atoms with Crippen LogP contribution in [0.15, 0.2) is 41.6 Å².